The van der Waals surface area contributed by atoms with Crippen LogP contribution in [0.1, 0.15) is 30.5 Å². The average molecular weight is 538 g/mol. The molecule has 1 heterocycles. The van der Waals surface area contributed by atoms with Crippen molar-refractivity contribution in [2.75, 3.05) is 32.8 Å². The summed E-state index contributed by atoms with van der Waals surface area (Å²) < 4.78 is 21.8. The normalized spacial score (nSPS) is 16.4. The van der Waals surface area contributed by atoms with Crippen LogP contribution in [0, 0.1) is 0 Å². The van der Waals surface area contributed by atoms with E-state index in [0.717, 1.165) is 6.42 Å². The summed E-state index contributed by atoms with van der Waals surface area (Å²) in [6, 6.07) is 15.9. The van der Waals surface area contributed by atoms with E-state index in [1.54, 1.807) is 48.5 Å². The summed E-state index contributed by atoms with van der Waals surface area (Å²) in [6.45, 7) is 2.49. The fourth-order valence-corrected chi connectivity index (χ4v) is 4.60. The number of hydrogen-bond acceptors (Lipinski definition) is 7. The van der Waals surface area contributed by atoms with Crippen molar-refractivity contribution in [2.45, 2.75) is 19.4 Å². The Balaban J connectivity index is 1.96. The molecule has 1 aliphatic rings. The number of ether oxygens (including phenoxy) is 4. The van der Waals surface area contributed by atoms with Gasteiger partial charge in [-0.15, -0.1) is 0 Å². The maximum Gasteiger partial charge on any atom is 0.300 e. The van der Waals surface area contributed by atoms with Gasteiger partial charge in [-0.1, -0.05) is 36.7 Å². The molecule has 1 aliphatic heterocycles. The Morgan fingerprint density at radius 2 is 1.63 bits per heavy atom. The standard InChI is InChI=1S/C29H28ClNO7/c1-5-12-38-20-11-7-9-18(14-20)31-26(17-8-6-10-19(13-17)35-2)25(28(33)29(31)34)27(32)21-15-22(30)24(37-4)16-23(21)36-3/h6-11,13-16,26,32H,5,12H2,1-4H3/b27-25+. The molecule has 1 N–H and O–H groups in total. The van der Waals surface area contributed by atoms with E-state index in [1.807, 2.05) is 6.92 Å². The number of carbonyl (C=O) groups excluding carboxylic acids is 2. The van der Waals surface area contributed by atoms with E-state index in [9.17, 15) is 14.7 Å². The lowest BCUT2D eigenvalue weighted by molar-refractivity contribution is -0.132. The molecule has 8 nitrogen and oxygen atoms in total. The van der Waals surface area contributed by atoms with Crippen LogP contribution in [0.3, 0.4) is 0 Å². The Hall–Kier alpha value is -4.17. The summed E-state index contributed by atoms with van der Waals surface area (Å²) in [7, 11) is 4.39. The Bertz CT molecular complexity index is 1400. The number of ketones is 1. The topological polar surface area (TPSA) is 94.5 Å². The number of hydrogen-bond donors (Lipinski definition) is 1. The van der Waals surface area contributed by atoms with Gasteiger partial charge in [-0.05, 0) is 42.3 Å². The summed E-state index contributed by atoms with van der Waals surface area (Å²) in [5.41, 5.74) is 1.02. The van der Waals surface area contributed by atoms with Crippen LogP contribution < -0.4 is 23.8 Å². The summed E-state index contributed by atoms with van der Waals surface area (Å²) in [6.07, 6.45) is 0.810. The number of benzene rings is 3. The van der Waals surface area contributed by atoms with E-state index in [-0.39, 0.29) is 21.9 Å². The summed E-state index contributed by atoms with van der Waals surface area (Å²) in [5.74, 6) is -0.464. The predicted molar refractivity (Wildman–Crippen MR) is 145 cm³/mol. The van der Waals surface area contributed by atoms with Gasteiger partial charge in [0, 0.05) is 17.8 Å². The second-order valence-electron chi connectivity index (χ2n) is 8.48. The third-order valence-electron chi connectivity index (χ3n) is 6.15. The van der Waals surface area contributed by atoms with Crippen molar-refractivity contribution >= 4 is 34.7 Å². The Labute approximate surface area is 225 Å². The van der Waals surface area contributed by atoms with Gasteiger partial charge in [-0.25, -0.2) is 0 Å². The number of nitrogens with zero attached hydrogens (tertiary/aromatic N) is 1. The van der Waals surface area contributed by atoms with E-state index in [2.05, 4.69) is 0 Å². The maximum absolute atomic E-state index is 13.5. The van der Waals surface area contributed by atoms with Crippen LogP contribution in [0.2, 0.25) is 5.02 Å². The zero-order chi connectivity index (χ0) is 27.4. The van der Waals surface area contributed by atoms with Crippen molar-refractivity contribution in [2.24, 2.45) is 0 Å². The molecular weight excluding hydrogens is 510 g/mol. The molecular formula is C29H28ClNO7. The van der Waals surface area contributed by atoms with Gasteiger partial charge in [-0.3, -0.25) is 14.5 Å². The molecule has 9 heteroatoms. The number of rotatable bonds is 9. The average Bonchev–Trinajstić information content (AvgIpc) is 3.21. The van der Waals surface area contributed by atoms with Crippen LogP contribution >= 0.6 is 11.6 Å². The Morgan fingerprint density at radius 1 is 0.921 bits per heavy atom. The minimum Gasteiger partial charge on any atom is -0.507 e. The van der Waals surface area contributed by atoms with Gasteiger partial charge in [0.25, 0.3) is 11.7 Å². The summed E-state index contributed by atoms with van der Waals surface area (Å²) in [5, 5.41) is 11.7. The first-order valence-electron chi connectivity index (χ1n) is 11.9. The van der Waals surface area contributed by atoms with Crippen molar-refractivity contribution in [3.8, 4) is 23.0 Å². The lowest BCUT2D eigenvalue weighted by Crippen LogP contribution is -2.29. The molecule has 0 aromatic heterocycles. The van der Waals surface area contributed by atoms with Gasteiger partial charge in [0.2, 0.25) is 0 Å². The minimum atomic E-state index is -0.975. The van der Waals surface area contributed by atoms with E-state index in [1.165, 1.54) is 38.4 Å². The molecule has 0 spiro atoms. The lowest BCUT2D eigenvalue weighted by atomic mass is 9.94. The van der Waals surface area contributed by atoms with Gasteiger partial charge in [0.05, 0.1) is 50.1 Å². The zero-order valence-corrected chi connectivity index (χ0v) is 22.2. The fourth-order valence-electron chi connectivity index (χ4n) is 4.36. The number of methoxy groups -OCH3 is 3. The molecule has 4 rings (SSSR count). The van der Waals surface area contributed by atoms with Crippen molar-refractivity contribution in [3.05, 3.63) is 82.4 Å². The smallest absolute Gasteiger partial charge is 0.300 e. The van der Waals surface area contributed by atoms with E-state index >= 15 is 0 Å². The van der Waals surface area contributed by atoms with Crippen LogP contribution in [0.15, 0.2) is 66.2 Å². The Kier molecular flexibility index (Phi) is 8.12. The van der Waals surface area contributed by atoms with Crippen LogP contribution in [-0.4, -0.2) is 44.7 Å². The first kappa shape index (κ1) is 26.9. The van der Waals surface area contributed by atoms with Crippen LogP contribution in [-0.2, 0) is 9.59 Å². The highest BCUT2D eigenvalue weighted by molar-refractivity contribution is 6.51. The highest BCUT2D eigenvalue weighted by Crippen LogP contribution is 2.45. The molecule has 3 aromatic carbocycles. The molecule has 198 valence electrons. The van der Waals surface area contributed by atoms with E-state index in [0.29, 0.717) is 35.1 Å². The molecule has 1 unspecified atom stereocenters. The highest BCUT2D eigenvalue weighted by atomic mass is 35.5. The molecule has 0 saturated carbocycles. The first-order chi connectivity index (χ1) is 18.3. The minimum absolute atomic E-state index is 0.123. The molecule has 1 atom stereocenters. The Morgan fingerprint density at radius 3 is 2.32 bits per heavy atom. The predicted octanol–water partition coefficient (Wildman–Crippen LogP) is 5.78. The largest absolute Gasteiger partial charge is 0.507 e. The van der Waals surface area contributed by atoms with Gasteiger partial charge in [0.1, 0.15) is 28.8 Å². The summed E-state index contributed by atoms with van der Waals surface area (Å²) in [4.78, 5) is 28.4. The third kappa shape index (κ3) is 4.99. The number of amides is 1. The second-order valence-corrected chi connectivity index (χ2v) is 8.89. The first-order valence-corrected chi connectivity index (χ1v) is 12.3. The molecule has 38 heavy (non-hydrogen) atoms. The van der Waals surface area contributed by atoms with Gasteiger partial charge >= 0.3 is 0 Å². The van der Waals surface area contributed by atoms with Gasteiger partial charge in [-0.2, -0.15) is 0 Å². The van der Waals surface area contributed by atoms with Gasteiger partial charge < -0.3 is 24.1 Å². The van der Waals surface area contributed by atoms with E-state index in [4.69, 9.17) is 30.5 Å². The molecule has 1 fully saturated rings. The summed E-state index contributed by atoms with van der Waals surface area (Å²) >= 11 is 6.34. The number of anilines is 1. The monoisotopic (exact) mass is 537 g/mol. The van der Waals surface area contributed by atoms with E-state index < -0.39 is 23.5 Å². The SMILES string of the molecule is CCCOc1cccc(N2C(=O)C(=O)/C(=C(/O)c3cc(Cl)c(OC)cc3OC)C2c2cccc(OC)c2)c1. The number of halogens is 1. The fraction of sp³-hybridized carbons (Fsp3) is 0.241. The maximum atomic E-state index is 13.5. The number of aliphatic hydroxyl groups excluding tert-OH is 1. The number of carbonyl (C=O) groups is 2. The van der Waals surface area contributed by atoms with Crippen molar-refractivity contribution in [3.63, 3.8) is 0 Å². The lowest BCUT2D eigenvalue weighted by Gasteiger charge is -2.26. The van der Waals surface area contributed by atoms with Crippen molar-refractivity contribution in [1.82, 2.24) is 0 Å². The zero-order valence-electron chi connectivity index (χ0n) is 21.5. The number of aliphatic hydroxyl groups is 1. The van der Waals surface area contributed by atoms with Crippen LogP contribution in [0.25, 0.3) is 5.76 Å². The van der Waals surface area contributed by atoms with Gasteiger partial charge in [0.15, 0.2) is 0 Å². The molecule has 1 amide bonds. The molecule has 3 aromatic rings. The third-order valence-corrected chi connectivity index (χ3v) is 6.45. The molecule has 0 radical (unpaired) electrons. The van der Waals surface area contributed by atoms with Crippen molar-refractivity contribution < 1.29 is 33.6 Å². The van der Waals surface area contributed by atoms with Crippen LogP contribution in [0.4, 0.5) is 5.69 Å². The second kappa shape index (κ2) is 11.5. The molecule has 0 aliphatic carbocycles. The highest BCUT2D eigenvalue weighted by Gasteiger charge is 2.47. The van der Waals surface area contributed by atoms with Crippen LogP contribution in [0.5, 0.6) is 23.0 Å². The molecule has 1 saturated heterocycles. The van der Waals surface area contributed by atoms with Crippen molar-refractivity contribution in [1.29, 1.82) is 0 Å². The quantitative estimate of drug-likeness (QED) is 0.210. The number of Topliss-reactive ketones (excluding diaryl/α,β-unsaturated/α-hetero) is 1. The molecule has 0 bridgehead atoms.